The molecule has 0 radical (unpaired) electrons. The summed E-state index contributed by atoms with van der Waals surface area (Å²) in [5, 5.41) is 9.34. The van der Waals surface area contributed by atoms with Crippen molar-refractivity contribution < 1.29 is 4.39 Å². The third-order valence-electron chi connectivity index (χ3n) is 3.21. The summed E-state index contributed by atoms with van der Waals surface area (Å²) in [6, 6.07) is 14.8. The highest BCUT2D eigenvalue weighted by molar-refractivity contribution is 5.79. The summed E-state index contributed by atoms with van der Waals surface area (Å²) in [4.78, 5) is 16.8. The molecule has 0 saturated heterocycles. The minimum Gasteiger partial charge on any atom is -0.278 e. The minimum atomic E-state index is -0.480. The lowest BCUT2D eigenvalue weighted by Gasteiger charge is -2.11. The Kier molecular flexibility index (Phi) is 3.20. The van der Waals surface area contributed by atoms with Crippen LogP contribution in [0.3, 0.4) is 0 Å². The van der Waals surface area contributed by atoms with E-state index in [9.17, 15) is 9.18 Å². The average molecular weight is 279 g/mol. The highest BCUT2D eigenvalue weighted by Crippen LogP contribution is 2.21. The van der Waals surface area contributed by atoms with Gasteiger partial charge in [-0.3, -0.25) is 9.36 Å². The molecule has 21 heavy (non-hydrogen) atoms. The van der Waals surface area contributed by atoms with E-state index in [-0.39, 0.29) is 23.5 Å². The van der Waals surface area contributed by atoms with Crippen molar-refractivity contribution in [2.75, 3.05) is 0 Å². The van der Waals surface area contributed by atoms with E-state index < -0.39 is 5.82 Å². The molecule has 0 saturated carbocycles. The van der Waals surface area contributed by atoms with Gasteiger partial charge in [0.1, 0.15) is 18.2 Å². The SMILES string of the molecule is N#CCn1c(-c2ccccc2F)nc2ccccc2c1=O. The van der Waals surface area contributed by atoms with Gasteiger partial charge in [0.05, 0.1) is 22.5 Å². The Bertz CT molecular complexity index is 925. The van der Waals surface area contributed by atoms with Crippen LogP contribution in [0.4, 0.5) is 4.39 Å². The number of hydrogen-bond acceptors (Lipinski definition) is 3. The van der Waals surface area contributed by atoms with E-state index in [1.807, 2.05) is 6.07 Å². The zero-order valence-corrected chi connectivity index (χ0v) is 11.0. The van der Waals surface area contributed by atoms with Crippen LogP contribution in [-0.2, 0) is 6.54 Å². The molecule has 0 bridgehead atoms. The summed E-state index contributed by atoms with van der Waals surface area (Å²) in [5.41, 5.74) is 0.339. The van der Waals surface area contributed by atoms with Crippen LogP contribution in [0.1, 0.15) is 0 Å². The van der Waals surface area contributed by atoms with Gasteiger partial charge < -0.3 is 0 Å². The van der Waals surface area contributed by atoms with Crippen LogP contribution in [-0.4, -0.2) is 9.55 Å². The molecule has 1 heterocycles. The molecule has 3 rings (SSSR count). The number of nitrogens with zero attached hydrogens (tertiary/aromatic N) is 3. The van der Waals surface area contributed by atoms with E-state index in [2.05, 4.69) is 4.98 Å². The van der Waals surface area contributed by atoms with E-state index in [0.29, 0.717) is 10.9 Å². The van der Waals surface area contributed by atoms with Crippen molar-refractivity contribution in [3.8, 4) is 17.5 Å². The third-order valence-corrected chi connectivity index (χ3v) is 3.21. The van der Waals surface area contributed by atoms with Crippen LogP contribution in [0.2, 0.25) is 0 Å². The number of nitriles is 1. The molecule has 102 valence electrons. The maximum absolute atomic E-state index is 14.0. The number of aromatic nitrogens is 2. The maximum atomic E-state index is 14.0. The van der Waals surface area contributed by atoms with Gasteiger partial charge in [0, 0.05) is 0 Å². The van der Waals surface area contributed by atoms with E-state index in [4.69, 9.17) is 5.26 Å². The molecular weight excluding hydrogens is 269 g/mol. The first-order valence-corrected chi connectivity index (χ1v) is 6.34. The second kappa shape index (κ2) is 5.17. The lowest BCUT2D eigenvalue weighted by atomic mass is 10.1. The van der Waals surface area contributed by atoms with Gasteiger partial charge in [-0.2, -0.15) is 5.26 Å². The Balaban J connectivity index is 2.42. The van der Waals surface area contributed by atoms with Crippen LogP contribution in [0, 0.1) is 17.1 Å². The Morgan fingerprint density at radius 3 is 2.62 bits per heavy atom. The summed E-state index contributed by atoms with van der Waals surface area (Å²) in [7, 11) is 0. The predicted octanol–water partition coefficient (Wildman–Crippen LogP) is 2.73. The minimum absolute atomic E-state index is 0.165. The average Bonchev–Trinajstić information content (AvgIpc) is 2.51. The van der Waals surface area contributed by atoms with Crippen LogP contribution < -0.4 is 5.56 Å². The molecule has 3 aromatic rings. The fourth-order valence-corrected chi connectivity index (χ4v) is 2.23. The van der Waals surface area contributed by atoms with Gasteiger partial charge in [-0.1, -0.05) is 24.3 Å². The van der Waals surface area contributed by atoms with E-state index >= 15 is 0 Å². The first kappa shape index (κ1) is 13.0. The van der Waals surface area contributed by atoms with Crippen molar-refractivity contribution in [3.63, 3.8) is 0 Å². The zero-order valence-electron chi connectivity index (χ0n) is 11.0. The largest absolute Gasteiger partial charge is 0.278 e. The fourth-order valence-electron chi connectivity index (χ4n) is 2.23. The molecule has 0 fully saturated rings. The summed E-state index contributed by atoms with van der Waals surface area (Å²) in [6.07, 6.45) is 0. The highest BCUT2D eigenvalue weighted by Gasteiger charge is 2.14. The molecular formula is C16H10FN3O. The van der Waals surface area contributed by atoms with Crippen LogP contribution in [0.15, 0.2) is 53.3 Å². The second-order valence-electron chi connectivity index (χ2n) is 4.48. The van der Waals surface area contributed by atoms with Crippen molar-refractivity contribution in [1.29, 1.82) is 5.26 Å². The molecule has 0 aliphatic rings. The second-order valence-corrected chi connectivity index (χ2v) is 4.48. The van der Waals surface area contributed by atoms with E-state index in [1.165, 1.54) is 10.6 Å². The summed E-state index contributed by atoms with van der Waals surface area (Å²) in [5.74, 6) is -0.315. The van der Waals surface area contributed by atoms with Gasteiger partial charge in [-0.05, 0) is 24.3 Å². The normalized spacial score (nSPS) is 10.5. The van der Waals surface area contributed by atoms with Crippen LogP contribution >= 0.6 is 0 Å². The Hall–Kier alpha value is -3.00. The molecule has 4 nitrogen and oxygen atoms in total. The molecule has 0 aliphatic carbocycles. The Labute approximate surface area is 119 Å². The van der Waals surface area contributed by atoms with E-state index in [0.717, 1.165) is 0 Å². The van der Waals surface area contributed by atoms with Crippen molar-refractivity contribution in [3.05, 3.63) is 64.7 Å². The van der Waals surface area contributed by atoms with Crippen molar-refractivity contribution in [2.45, 2.75) is 6.54 Å². The molecule has 0 amide bonds. The molecule has 2 aromatic carbocycles. The van der Waals surface area contributed by atoms with Crippen molar-refractivity contribution >= 4 is 10.9 Å². The first-order chi connectivity index (χ1) is 10.2. The fraction of sp³-hybridized carbons (Fsp3) is 0.0625. The van der Waals surface area contributed by atoms with Crippen molar-refractivity contribution in [1.82, 2.24) is 9.55 Å². The number of fused-ring (bicyclic) bond motifs is 1. The number of hydrogen-bond donors (Lipinski definition) is 0. The standard InChI is InChI=1S/C16H10FN3O/c17-13-7-3-1-5-11(13)15-19-14-8-4-2-6-12(14)16(21)20(15)10-9-18/h1-8H,10H2. The van der Waals surface area contributed by atoms with E-state index in [1.54, 1.807) is 42.5 Å². The van der Waals surface area contributed by atoms with Crippen molar-refractivity contribution in [2.24, 2.45) is 0 Å². The molecule has 1 aromatic heterocycles. The van der Waals surface area contributed by atoms with Gasteiger partial charge in [0.15, 0.2) is 0 Å². The molecule has 0 unspecified atom stereocenters. The zero-order chi connectivity index (χ0) is 14.8. The van der Waals surface area contributed by atoms with Crippen LogP contribution in [0.5, 0.6) is 0 Å². The number of benzene rings is 2. The number of rotatable bonds is 2. The van der Waals surface area contributed by atoms with Crippen LogP contribution in [0.25, 0.3) is 22.3 Å². The monoisotopic (exact) mass is 279 g/mol. The first-order valence-electron chi connectivity index (χ1n) is 6.34. The van der Waals surface area contributed by atoms with Gasteiger partial charge in [0.25, 0.3) is 5.56 Å². The van der Waals surface area contributed by atoms with Gasteiger partial charge in [-0.25, -0.2) is 9.37 Å². The summed E-state index contributed by atoms with van der Waals surface area (Å²) in [6.45, 7) is -0.180. The number of para-hydroxylation sites is 1. The molecule has 5 heteroatoms. The maximum Gasteiger partial charge on any atom is 0.262 e. The Morgan fingerprint density at radius 1 is 1.14 bits per heavy atom. The quantitative estimate of drug-likeness (QED) is 0.724. The highest BCUT2D eigenvalue weighted by atomic mass is 19.1. The lowest BCUT2D eigenvalue weighted by molar-refractivity contribution is 0.627. The predicted molar refractivity (Wildman–Crippen MR) is 77.0 cm³/mol. The molecule has 0 atom stereocenters. The van der Waals surface area contributed by atoms with Gasteiger partial charge in [0.2, 0.25) is 0 Å². The van der Waals surface area contributed by atoms with Gasteiger partial charge in [-0.15, -0.1) is 0 Å². The summed E-state index contributed by atoms with van der Waals surface area (Å²) < 4.78 is 15.2. The van der Waals surface area contributed by atoms with Gasteiger partial charge >= 0.3 is 0 Å². The lowest BCUT2D eigenvalue weighted by Crippen LogP contribution is -2.23. The molecule has 0 N–H and O–H groups in total. The smallest absolute Gasteiger partial charge is 0.262 e. The topological polar surface area (TPSA) is 58.7 Å². The molecule has 0 aliphatic heterocycles. The number of halogens is 1. The Morgan fingerprint density at radius 2 is 1.86 bits per heavy atom. The molecule has 0 spiro atoms. The summed E-state index contributed by atoms with van der Waals surface area (Å²) >= 11 is 0. The third kappa shape index (κ3) is 2.17.